The topological polar surface area (TPSA) is 70.7 Å². The Kier molecular flexibility index (Phi) is 4.89. The lowest BCUT2D eigenvalue weighted by Crippen LogP contribution is -2.02. The van der Waals surface area contributed by atoms with Crippen LogP contribution in [-0.2, 0) is 0 Å². The standard InChI is InChI=1S/C11H16O4S/c1-7(5-6-12)16-8(2)9-3-4-10(15-9)11(13)14/h3-4,7-8,12H,5-6H2,1-2H3,(H,13,14). The fraction of sp³-hybridized carbons (Fsp3) is 0.545. The average Bonchev–Trinajstić information content (AvgIpc) is 2.66. The van der Waals surface area contributed by atoms with E-state index >= 15 is 0 Å². The van der Waals surface area contributed by atoms with Crippen LogP contribution in [-0.4, -0.2) is 28.0 Å². The summed E-state index contributed by atoms with van der Waals surface area (Å²) in [5.41, 5.74) is 0. The zero-order chi connectivity index (χ0) is 12.1. The van der Waals surface area contributed by atoms with Crippen molar-refractivity contribution in [2.75, 3.05) is 6.61 Å². The lowest BCUT2D eigenvalue weighted by atomic mass is 10.3. The summed E-state index contributed by atoms with van der Waals surface area (Å²) >= 11 is 1.66. The fourth-order valence-corrected chi connectivity index (χ4v) is 2.55. The van der Waals surface area contributed by atoms with Crippen molar-refractivity contribution in [1.29, 1.82) is 0 Å². The minimum Gasteiger partial charge on any atom is -0.475 e. The third-order valence-electron chi connectivity index (χ3n) is 2.21. The Balaban J connectivity index is 2.58. The minimum atomic E-state index is -1.05. The maximum absolute atomic E-state index is 10.6. The smallest absolute Gasteiger partial charge is 0.371 e. The summed E-state index contributed by atoms with van der Waals surface area (Å²) < 4.78 is 5.20. The first-order valence-electron chi connectivity index (χ1n) is 5.14. The monoisotopic (exact) mass is 244 g/mol. The SMILES string of the molecule is CC(CCO)SC(C)c1ccc(C(=O)O)o1. The van der Waals surface area contributed by atoms with Crippen LogP contribution in [0.5, 0.6) is 0 Å². The highest BCUT2D eigenvalue weighted by atomic mass is 32.2. The summed E-state index contributed by atoms with van der Waals surface area (Å²) in [6.07, 6.45) is 0.724. The van der Waals surface area contributed by atoms with Gasteiger partial charge in [0, 0.05) is 11.9 Å². The maximum atomic E-state index is 10.6. The van der Waals surface area contributed by atoms with Gasteiger partial charge in [-0.3, -0.25) is 0 Å². The highest BCUT2D eigenvalue weighted by Crippen LogP contribution is 2.33. The number of hydrogen-bond donors (Lipinski definition) is 2. The third kappa shape index (κ3) is 3.57. The molecule has 90 valence electrons. The summed E-state index contributed by atoms with van der Waals surface area (Å²) in [5, 5.41) is 17.9. The van der Waals surface area contributed by atoms with E-state index < -0.39 is 5.97 Å². The van der Waals surface area contributed by atoms with E-state index in [-0.39, 0.29) is 17.6 Å². The van der Waals surface area contributed by atoms with Gasteiger partial charge in [0.1, 0.15) is 5.76 Å². The molecule has 1 aromatic heterocycles. The van der Waals surface area contributed by atoms with Crippen molar-refractivity contribution in [2.24, 2.45) is 0 Å². The lowest BCUT2D eigenvalue weighted by Gasteiger charge is -2.14. The van der Waals surface area contributed by atoms with Crippen LogP contribution in [0.2, 0.25) is 0 Å². The molecule has 2 unspecified atom stereocenters. The molecule has 0 fully saturated rings. The van der Waals surface area contributed by atoms with Crippen molar-refractivity contribution < 1.29 is 19.4 Å². The molecular weight excluding hydrogens is 228 g/mol. The first kappa shape index (κ1) is 13.1. The van der Waals surface area contributed by atoms with Gasteiger partial charge in [-0.15, -0.1) is 11.8 Å². The Bertz CT molecular complexity index is 348. The van der Waals surface area contributed by atoms with Gasteiger partial charge in [0.15, 0.2) is 0 Å². The van der Waals surface area contributed by atoms with Crippen molar-refractivity contribution in [2.45, 2.75) is 30.8 Å². The number of carboxylic acids is 1. The van der Waals surface area contributed by atoms with Gasteiger partial charge in [0.25, 0.3) is 0 Å². The molecule has 2 N–H and O–H groups in total. The lowest BCUT2D eigenvalue weighted by molar-refractivity contribution is 0.0660. The molecule has 0 aliphatic heterocycles. The van der Waals surface area contributed by atoms with Crippen LogP contribution in [0.15, 0.2) is 16.5 Å². The van der Waals surface area contributed by atoms with E-state index in [4.69, 9.17) is 14.6 Å². The van der Waals surface area contributed by atoms with Crippen molar-refractivity contribution in [3.05, 3.63) is 23.7 Å². The molecule has 5 heteroatoms. The molecule has 1 rings (SSSR count). The van der Waals surface area contributed by atoms with E-state index in [1.165, 1.54) is 6.07 Å². The molecule has 0 aliphatic carbocycles. The Morgan fingerprint density at radius 3 is 2.69 bits per heavy atom. The largest absolute Gasteiger partial charge is 0.475 e. The van der Waals surface area contributed by atoms with Crippen LogP contribution < -0.4 is 0 Å². The molecule has 0 aromatic carbocycles. The molecule has 2 atom stereocenters. The van der Waals surface area contributed by atoms with E-state index in [2.05, 4.69) is 0 Å². The van der Waals surface area contributed by atoms with Gasteiger partial charge in [-0.25, -0.2) is 4.79 Å². The zero-order valence-electron chi connectivity index (χ0n) is 9.34. The van der Waals surface area contributed by atoms with Crippen molar-refractivity contribution in [3.63, 3.8) is 0 Å². The van der Waals surface area contributed by atoms with Crippen LogP contribution in [0.25, 0.3) is 0 Å². The summed E-state index contributed by atoms with van der Waals surface area (Å²) in [4.78, 5) is 10.6. The van der Waals surface area contributed by atoms with Gasteiger partial charge >= 0.3 is 5.97 Å². The molecule has 0 saturated carbocycles. The van der Waals surface area contributed by atoms with Gasteiger partial charge in [0.2, 0.25) is 5.76 Å². The summed E-state index contributed by atoms with van der Waals surface area (Å²) in [7, 11) is 0. The number of rotatable bonds is 6. The van der Waals surface area contributed by atoms with Gasteiger partial charge in [-0.05, 0) is 25.5 Å². The number of aliphatic hydroxyl groups is 1. The van der Waals surface area contributed by atoms with E-state index in [0.29, 0.717) is 11.0 Å². The molecule has 0 saturated heterocycles. The number of carbonyl (C=O) groups is 1. The van der Waals surface area contributed by atoms with Crippen LogP contribution >= 0.6 is 11.8 Å². The average molecular weight is 244 g/mol. The van der Waals surface area contributed by atoms with Gasteiger partial charge in [0.05, 0.1) is 5.25 Å². The Labute approximate surface area is 98.7 Å². The summed E-state index contributed by atoms with van der Waals surface area (Å²) in [6, 6.07) is 3.15. The number of aliphatic hydroxyl groups excluding tert-OH is 1. The van der Waals surface area contributed by atoms with Gasteiger partial charge in [-0.2, -0.15) is 0 Å². The normalized spacial score (nSPS) is 14.7. The zero-order valence-corrected chi connectivity index (χ0v) is 10.2. The van der Waals surface area contributed by atoms with Crippen LogP contribution in [0, 0.1) is 0 Å². The first-order chi connectivity index (χ1) is 7.54. The summed E-state index contributed by atoms with van der Waals surface area (Å²) in [5.74, 6) is -0.420. The minimum absolute atomic E-state index is 0.0303. The number of carboxylic acid groups (broad SMARTS) is 1. The molecule has 0 spiro atoms. The highest BCUT2D eigenvalue weighted by molar-refractivity contribution is 8.00. The molecule has 4 nitrogen and oxygen atoms in total. The number of furan rings is 1. The van der Waals surface area contributed by atoms with E-state index in [9.17, 15) is 4.79 Å². The maximum Gasteiger partial charge on any atom is 0.371 e. The third-order valence-corrected chi connectivity index (χ3v) is 3.55. The van der Waals surface area contributed by atoms with E-state index in [1.807, 2.05) is 13.8 Å². The molecular formula is C11H16O4S. The van der Waals surface area contributed by atoms with E-state index in [1.54, 1.807) is 17.8 Å². The summed E-state index contributed by atoms with van der Waals surface area (Å²) in [6.45, 7) is 4.15. The van der Waals surface area contributed by atoms with E-state index in [0.717, 1.165) is 6.42 Å². The second kappa shape index (κ2) is 5.96. The second-order valence-corrected chi connectivity index (χ2v) is 5.39. The predicted molar refractivity (Wildman–Crippen MR) is 62.8 cm³/mol. The molecule has 1 aromatic rings. The van der Waals surface area contributed by atoms with Gasteiger partial charge in [-0.1, -0.05) is 6.92 Å². The van der Waals surface area contributed by atoms with Gasteiger partial charge < -0.3 is 14.6 Å². The molecule has 1 heterocycles. The highest BCUT2D eigenvalue weighted by Gasteiger charge is 2.16. The molecule has 0 aliphatic rings. The van der Waals surface area contributed by atoms with Crippen LogP contribution in [0.4, 0.5) is 0 Å². The predicted octanol–water partition coefficient (Wildman–Crippen LogP) is 2.54. The van der Waals surface area contributed by atoms with Crippen LogP contribution in [0.3, 0.4) is 0 Å². The Morgan fingerprint density at radius 2 is 2.19 bits per heavy atom. The number of hydrogen-bond acceptors (Lipinski definition) is 4. The van der Waals surface area contributed by atoms with Crippen molar-refractivity contribution >= 4 is 17.7 Å². The molecule has 16 heavy (non-hydrogen) atoms. The second-order valence-electron chi connectivity index (χ2n) is 3.61. The molecule has 0 radical (unpaired) electrons. The fourth-order valence-electron chi connectivity index (χ4n) is 1.35. The van der Waals surface area contributed by atoms with Crippen LogP contribution in [0.1, 0.15) is 41.8 Å². The quantitative estimate of drug-likeness (QED) is 0.804. The number of thioether (sulfide) groups is 1. The first-order valence-corrected chi connectivity index (χ1v) is 6.08. The Hall–Kier alpha value is -0.940. The van der Waals surface area contributed by atoms with Crippen molar-refractivity contribution in [1.82, 2.24) is 0 Å². The molecule has 0 amide bonds. The Morgan fingerprint density at radius 1 is 1.50 bits per heavy atom. The van der Waals surface area contributed by atoms with Crippen molar-refractivity contribution in [3.8, 4) is 0 Å². The molecule has 0 bridgehead atoms. The number of aromatic carboxylic acids is 1.